The zero-order chi connectivity index (χ0) is 15.2. The lowest BCUT2D eigenvalue weighted by molar-refractivity contribution is 0.262. The van der Waals surface area contributed by atoms with Crippen LogP contribution in [0.15, 0.2) is 42.5 Å². The number of urea groups is 1. The van der Waals surface area contributed by atoms with E-state index >= 15 is 0 Å². The molecule has 0 heterocycles. The molecule has 0 spiro atoms. The lowest BCUT2D eigenvalue weighted by atomic mass is 10.2. The number of halogens is 1. The van der Waals surface area contributed by atoms with E-state index in [2.05, 4.69) is 10.6 Å². The highest BCUT2D eigenvalue weighted by atomic mass is 19.1. The Hall–Kier alpha value is -3.07. The normalized spacial score (nSPS) is 9.57. The number of methoxy groups -OCH3 is 1. The van der Waals surface area contributed by atoms with Crippen LogP contribution in [0, 0.1) is 17.1 Å². The first-order valence-electron chi connectivity index (χ1n) is 6.04. The smallest absolute Gasteiger partial charge is 0.323 e. The number of nitriles is 1. The number of benzene rings is 2. The molecule has 0 bridgehead atoms. The van der Waals surface area contributed by atoms with Crippen LogP contribution in [0.5, 0.6) is 5.75 Å². The minimum Gasteiger partial charge on any atom is -0.495 e. The summed E-state index contributed by atoms with van der Waals surface area (Å²) in [6.45, 7) is 0. The third-order valence-electron chi connectivity index (χ3n) is 2.71. The van der Waals surface area contributed by atoms with Crippen LogP contribution in [0.1, 0.15) is 5.56 Å². The van der Waals surface area contributed by atoms with Crippen LogP contribution in [-0.4, -0.2) is 13.1 Å². The standard InChI is InChI=1S/C15H12FN3O2/c1-21-14-5-3-2-4-13(14)19-15(20)18-12-7-6-11(16)8-10(12)9-17/h2-8H,1H3,(H2,18,19,20). The number of amides is 2. The second-order valence-electron chi connectivity index (χ2n) is 4.08. The zero-order valence-corrected chi connectivity index (χ0v) is 11.2. The third kappa shape index (κ3) is 3.48. The fourth-order valence-electron chi connectivity index (χ4n) is 1.74. The lowest BCUT2D eigenvalue weighted by Crippen LogP contribution is -2.20. The number of hydrogen-bond donors (Lipinski definition) is 2. The van der Waals surface area contributed by atoms with E-state index in [1.807, 2.05) is 6.07 Å². The van der Waals surface area contributed by atoms with Crippen LogP contribution in [0.25, 0.3) is 0 Å². The van der Waals surface area contributed by atoms with Crippen molar-refractivity contribution in [2.45, 2.75) is 0 Å². The second-order valence-corrected chi connectivity index (χ2v) is 4.08. The summed E-state index contributed by atoms with van der Waals surface area (Å²) in [5.74, 6) is -0.0329. The summed E-state index contributed by atoms with van der Waals surface area (Å²) in [5, 5.41) is 14.0. The van der Waals surface area contributed by atoms with E-state index in [9.17, 15) is 9.18 Å². The van der Waals surface area contributed by atoms with Crippen molar-refractivity contribution in [2.24, 2.45) is 0 Å². The van der Waals surface area contributed by atoms with Crippen molar-refractivity contribution >= 4 is 17.4 Å². The molecule has 2 rings (SSSR count). The van der Waals surface area contributed by atoms with Crippen LogP contribution < -0.4 is 15.4 Å². The quantitative estimate of drug-likeness (QED) is 0.908. The minimum absolute atomic E-state index is 0.0465. The van der Waals surface area contributed by atoms with Crippen LogP contribution in [0.3, 0.4) is 0 Å². The number of ether oxygens (including phenoxy) is 1. The van der Waals surface area contributed by atoms with Crippen LogP contribution in [-0.2, 0) is 0 Å². The maximum atomic E-state index is 13.0. The number of rotatable bonds is 3. The number of hydrogen-bond acceptors (Lipinski definition) is 3. The Morgan fingerprint density at radius 1 is 1.19 bits per heavy atom. The third-order valence-corrected chi connectivity index (χ3v) is 2.71. The van der Waals surface area contributed by atoms with Crippen LogP contribution in [0.2, 0.25) is 0 Å². The Kier molecular flexibility index (Phi) is 4.36. The van der Waals surface area contributed by atoms with Crippen LogP contribution >= 0.6 is 0 Å². The van der Waals surface area contributed by atoms with E-state index in [0.717, 1.165) is 6.07 Å². The molecule has 5 nitrogen and oxygen atoms in total. The van der Waals surface area contributed by atoms with Crippen molar-refractivity contribution in [2.75, 3.05) is 17.7 Å². The van der Waals surface area contributed by atoms with Crippen molar-refractivity contribution in [3.8, 4) is 11.8 Å². The summed E-state index contributed by atoms with van der Waals surface area (Å²) in [4.78, 5) is 11.9. The molecule has 0 saturated carbocycles. The van der Waals surface area contributed by atoms with E-state index < -0.39 is 11.8 Å². The average Bonchev–Trinajstić information content (AvgIpc) is 2.49. The van der Waals surface area contributed by atoms with Gasteiger partial charge in [-0.15, -0.1) is 0 Å². The Bertz CT molecular complexity index is 710. The van der Waals surface area contributed by atoms with E-state index in [1.54, 1.807) is 24.3 Å². The molecule has 0 aromatic heterocycles. The summed E-state index contributed by atoms with van der Waals surface area (Å²) in [5.41, 5.74) is 0.759. The molecule has 0 aliphatic rings. The predicted molar refractivity (Wildman–Crippen MR) is 76.8 cm³/mol. The topological polar surface area (TPSA) is 74.2 Å². The van der Waals surface area contributed by atoms with Crippen molar-refractivity contribution < 1.29 is 13.9 Å². The SMILES string of the molecule is COc1ccccc1NC(=O)Nc1ccc(F)cc1C#N. The predicted octanol–water partition coefficient (Wildman–Crippen LogP) is 3.35. The summed E-state index contributed by atoms with van der Waals surface area (Å²) in [7, 11) is 1.49. The first-order valence-corrected chi connectivity index (χ1v) is 6.04. The number of carbonyl (C=O) groups excluding carboxylic acids is 1. The zero-order valence-electron chi connectivity index (χ0n) is 11.2. The van der Waals surface area contributed by atoms with Crippen LogP contribution in [0.4, 0.5) is 20.6 Å². The minimum atomic E-state index is -0.553. The molecule has 0 unspecified atom stereocenters. The molecule has 0 atom stereocenters. The molecule has 0 fully saturated rings. The number of anilines is 2. The molecule has 21 heavy (non-hydrogen) atoms. The molecular weight excluding hydrogens is 273 g/mol. The van der Waals surface area contributed by atoms with Gasteiger partial charge in [0.25, 0.3) is 0 Å². The summed E-state index contributed by atoms with van der Waals surface area (Å²) < 4.78 is 18.1. The van der Waals surface area contributed by atoms with Crippen molar-refractivity contribution in [3.63, 3.8) is 0 Å². The molecule has 0 saturated heterocycles. The highest BCUT2D eigenvalue weighted by molar-refractivity contribution is 6.01. The maximum absolute atomic E-state index is 13.0. The van der Waals surface area contributed by atoms with Gasteiger partial charge in [0.05, 0.1) is 24.0 Å². The lowest BCUT2D eigenvalue weighted by Gasteiger charge is -2.11. The average molecular weight is 285 g/mol. The number of para-hydroxylation sites is 2. The first-order chi connectivity index (χ1) is 10.1. The molecule has 0 radical (unpaired) electrons. The molecule has 106 valence electrons. The maximum Gasteiger partial charge on any atom is 0.323 e. The number of nitrogens with zero attached hydrogens (tertiary/aromatic N) is 1. The van der Waals surface area contributed by atoms with Gasteiger partial charge in [-0.1, -0.05) is 12.1 Å². The van der Waals surface area contributed by atoms with Crippen molar-refractivity contribution in [1.82, 2.24) is 0 Å². The Balaban J connectivity index is 2.14. The van der Waals surface area contributed by atoms with E-state index in [-0.39, 0.29) is 11.3 Å². The van der Waals surface area contributed by atoms with Gasteiger partial charge in [-0.3, -0.25) is 0 Å². The first kappa shape index (κ1) is 14.3. The van der Waals surface area contributed by atoms with Crippen molar-refractivity contribution in [3.05, 3.63) is 53.8 Å². The van der Waals surface area contributed by atoms with E-state index in [1.165, 1.54) is 19.2 Å². The van der Waals surface area contributed by atoms with Gasteiger partial charge in [-0.05, 0) is 30.3 Å². The monoisotopic (exact) mass is 285 g/mol. The molecule has 2 aromatic carbocycles. The highest BCUT2D eigenvalue weighted by Crippen LogP contribution is 2.23. The molecule has 2 aromatic rings. The Morgan fingerprint density at radius 3 is 2.62 bits per heavy atom. The number of carbonyl (C=O) groups is 1. The summed E-state index contributed by atoms with van der Waals surface area (Å²) in [6, 6.07) is 11.7. The molecule has 6 heteroatoms. The van der Waals surface area contributed by atoms with Gasteiger partial charge in [0.1, 0.15) is 17.6 Å². The molecule has 2 N–H and O–H groups in total. The van der Waals surface area contributed by atoms with Gasteiger partial charge in [-0.2, -0.15) is 5.26 Å². The summed E-state index contributed by atoms with van der Waals surface area (Å²) >= 11 is 0. The van der Waals surface area contributed by atoms with E-state index in [0.29, 0.717) is 11.4 Å². The fraction of sp³-hybridized carbons (Fsp3) is 0.0667. The Morgan fingerprint density at radius 2 is 1.90 bits per heavy atom. The van der Waals surface area contributed by atoms with Crippen molar-refractivity contribution in [1.29, 1.82) is 5.26 Å². The molecular formula is C15H12FN3O2. The Labute approximate surface area is 121 Å². The summed E-state index contributed by atoms with van der Waals surface area (Å²) in [6.07, 6.45) is 0. The largest absolute Gasteiger partial charge is 0.495 e. The van der Waals surface area contributed by atoms with Gasteiger partial charge in [0.2, 0.25) is 0 Å². The van der Waals surface area contributed by atoms with Gasteiger partial charge >= 0.3 is 6.03 Å². The van der Waals surface area contributed by atoms with Gasteiger partial charge in [0.15, 0.2) is 0 Å². The van der Waals surface area contributed by atoms with Gasteiger partial charge in [-0.25, -0.2) is 9.18 Å². The van der Waals surface area contributed by atoms with Gasteiger partial charge in [0, 0.05) is 0 Å². The molecule has 0 aliphatic carbocycles. The van der Waals surface area contributed by atoms with Gasteiger partial charge < -0.3 is 15.4 Å². The second kappa shape index (κ2) is 6.39. The molecule has 0 aliphatic heterocycles. The molecule has 2 amide bonds. The highest BCUT2D eigenvalue weighted by Gasteiger charge is 2.10. The van der Waals surface area contributed by atoms with E-state index in [4.69, 9.17) is 10.00 Å². The fourth-order valence-corrected chi connectivity index (χ4v) is 1.74. The number of nitrogens with one attached hydrogen (secondary N) is 2.